The summed E-state index contributed by atoms with van der Waals surface area (Å²) >= 11 is 5.76. The van der Waals surface area contributed by atoms with Crippen LogP contribution in [0.5, 0.6) is 0 Å². The van der Waals surface area contributed by atoms with Crippen LogP contribution in [0, 0.1) is 6.92 Å². The smallest absolute Gasteiger partial charge is 0.199 e. The van der Waals surface area contributed by atoms with E-state index in [-0.39, 0.29) is 15.9 Å². The van der Waals surface area contributed by atoms with Gasteiger partial charge >= 0.3 is 0 Å². The Hall–Kier alpha value is -2.37. The molecule has 0 saturated heterocycles. The Morgan fingerprint density at radius 3 is 2.50 bits per heavy atom. The molecule has 122 valence electrons. The molecule has 0 amide bonds. The molecule has 0 aliphatic heterocycles. The fourth-order valence-corrected chi connectivity index (χ4v) is 3.37. The molecule has 0 spiro atoms. The van der Waals surface area contributed by atoms with Crippen molar-refractivity contribution in [2.24, 2.45) is 0 Å². The maximum atomic E-state index is 12.5. The molecule has 0 aliphatic carbocycles. The summed E-state index contributed by atoms with van der Waals surface area (Å²) in [6.07, 6.45) is 2.51. The van der Waals surface area contributed by atoms with Crippen molar-refractivity contribution in [2.45, 2.75) is 11.8 Å². The van der Waals surface area contributed by atoms with Gasteiger partial charge in [0.05, 0.1) is 15.8 Å². The van der Waals surface area contributed by atoms with E-state index in [9.17, 15) is 13.2 Å². The van der Waals surface area contributed by atoms with Crippen molar-refractivity contribution in [1.82, 2.24) is 0 Å². The van der Waals surface area contributed by atoms with Crippen LogP contribution < -0.4 is 5.43 Å². The Morgan fingerprint density at radius 1 is 1.08 bits per heavy atom. The second kappa shape index (κ2) is 6.26. The third-order valence-corrected chi connectivity index (χ3v) is 5.20. The van der Waals surface area contributed by atoms with Crippen molar-refractivity contribution in [3.63, 3.8) is 0 Å². The predicted molar refractivity (Wildman–Crippen MR) is 94.9 cm³/mol. The Bertz CT molecular complexity index is 1090. The first-order chi connectivity index (χ1) is 11.4. The van der Waals surface area contributed by atoms with Gasteiger partial charge in [-0.15, -0.1) is 0 Å². The Kier molecular flexibility index (Phi) is 4.30. The third kappa shape index (κ3) is 3.27. The summed E-state index contributed by atoms with van der Waals surface area (Å²) in [7, 11) is -3.67. The molecule has 2 aromatic carbocycles. The largest absolute Gasteiger partial charge is 0.463 e. The molecule has 0 N–H and O–H groups in total. The Labute approximate surface area is 143 Å². The predicted octanol–water partition coefficient (Wildman–Crippen LogP) is 4.20. The average Bonchev–Trinajstić information content (AvgIpc) is 2.55. The van der Waals surface area contributed by atoms with E-state index in [0.717, 1.165) is 11.0 Å². The molecule has 0 saturated carbocycles. The lowest BCUT2D eigenvalue weighted by atomic mass is 10.1. The molecule has 3 aromatic rings. The van der Waals surface area contributed by atoms with Crippen LogP contribution in [-0.2, 0) is 9.84 Å². The molecule has 0 bridgehead atoms. The summed E-state index contributed by atoms with van der Waals surface area (Å²) in [6, 6.07) is 11.1. The average molecular weight is 361 g/mol. The fourth-order valence-electron chi connectivity index (χ4n) is 2.24. The lowest BCUT2D eigenvalue weighted by Crippen LogP contribution is -2.05. The first-order valence-corrected chi connectivity index (χ1v) is 9.00. The topological polar surface area (TPSA) is 64.3 Å². The van der Waals surface area contributed by atoms with E-state index in [0.29, 0.717) is 16.0 Å². The minimum absolute atomic E-state index is 0.101. The number of aryl methyl sites for hydroxylation is 1. The van der Waals surface area contributed by atoms with Crippen LogP contribution in [0.2, 0.25) is 5.02 Å². The number of rotatable bonds is 3. The lowest BCUT2D eigenvalue weighted by Gasteiger charge is -2.01. The summed E-state index contributed by atoms with van der Waals surface area (Å²) in [6.45, 7) is 1.87. The number of benzene rings is 2. The first kappa shape index (κ1) is 16.5. The third-order valence-electron chi connectivity index (χ3n) is 3.52. The highest BCUT2D eigenvalue weighted by Crippen LogP contribution is 2.18. The molecule has 3 rings (SSSR count). The number of halogens is 1. The maximum Gasteiger partial charge on any atom is 0.199 e. The zero-order valence-corrected chi connectivity index (χ0v) is 14.3. The van der Waals surface area contributed by atoms with E-state index in [1.807, 2.05) is 13.0 Å². The van der Waals surface area contributed by atoms with Crippen molar-refractivity contribution in [3.05, 3.63) is 80.5 Å². The highest BCUT2D eigenvalue weighted by molar-refractivity contribution is 7.94. The van der Waals surface area contributed by atoms with Crippen LogP contribution in [0.25, 0.3) is 17.0 Å². The highest BCUT2D eigenvalue weighted by atomic mass is 35.5. The zero-order chi connectivity index (χ0) is 17.3. The van der Waals surface area contributed by atoms with Gasteiger partial charge in [-0.25, -0.2) is 8.42 Å². The Balaban J connectivity index is 2.03. The molecular formula is C18H13ClO4S. The van der Waals surface area contributed by atoms with Gasteiger partial charge in [0, 0.05) is 10.4 Å². The fraction of sp³-hybridized carbons (Fsp3) is 0.0556. The molecular weight excluding hydrogens is 348 g/mol. The minimum atomic E-state index is -3.67. The molecule has 1 heterocycles. The van der Waals surface area contributed by atoms with E-state index >= 15 is 0 Å². The zero-order valence-electron chi connectivity index (χ0n) is 12.7. The summed E-state index contributed by atoms with van der Waals surface area (Å²) < 4.78 is 30.0. The summed E-state index contributed by atoms with van der Waals surface area (Å²) in [4.78, 5) is 12.6. The first-order valence-electron chi connectivity index (χ1n) is 7.08. The quantitative estimate of drug-likeness (QED) is 0.702. The lowest BCUT2D eigenvalue weighted by molar-refractivity contribution is 0.601. The molecule has 1 aromatic heterocycles. The van der Waals surface area contributed by atoms with Crippen LogP contribution >= 0.6 is 11.6 Å². The van der Waals surface area contributed by atoms with Crippen LogP contribution in [0.3, 0.4) is 0 Å². The molecule has 4 nitrogen and oxygen atoms in total. The van der Waals surface area contributed by atoms with E-state index < -0.39 is 9.84 Å². The molecule has 0 unspecified atom stereocenters. The van der Waals surface area contributed by atoms with Gasteiger partial charge in [-0.05, 0) is 49.4 Å². The van der Waals surface area contributed by atoms with Gasteiger partial charge in [0.15, 0.2) is 15.3 Å². The molecule has 0 radical (unpaired) electrons. The van der Waals surface area contributed by atoms with Gasteiger partial charge in [0.2, 0.25) is 0 Å². The monoisotopic (exact) mass is 360 g/mol. The van der Waals surface area contributed by atoms with Gasteiger partial charge in [0.1, 0.15) is 11.8 Å². The van der Waals surface area contributed by atoms with E-state index in [1.54, 1.807) is 12.1 Å². The van der Waals surface area contributed by atoms with E-state index in [1.165, 1.54) is 36.6 Å². The molecule has 24 heavy (non-hydrogen) atoms. The minimum Gasteiger partial charge on any atom is -0.463 e. The standard InChI is InChI=1S/C18H13ClO4S/c1-12-2-7-17-16(10-12)18(20)13(11-23-17)8-9-24(21,22)15-5-3-14(19)4-6-15/h2-11H,1H3. The second-order valence-corrected chi connectivity index (χ2v) is 7.59. The van der Waals surface area contributed by atoms with Gasteiger partial charge in [-0.1, -0.05) is 23.2 Å². The summed E-state index contributed by atoms with van der Waals surface area (Å²) in [5.74, 6) is 0. The van der Waals surface area contributed by atoms with E-state index in [2.05, 4.69) is 0 Å². The highest BCUT2D eigenvalue weighted by Gasteiger charge is 2.11. The molecule has 0 atom stereocenters. The van der Waals surface area contributed by atoms with Crippen LogP contribution in [0.15, 0.2) is 68.2 Å². The number of sulfone groups is 1. The maximum absolute atomic E-state index is 12.5. The van der Waals surface area contributed by atoms with Gasteiger partial charge in [-0.3, -0.25) is 4.79 Å². The normalized spacial score (nSPS) is 12.1. The van der Waals surface area contributed by atoms with Crippen molar-refractivity contribution < 1.29 is 12.8 Å². The van der Waals surface area contributed by atoms with Crippen LogP contribution in [0.1, 0.15) is 11.1 Å². The number of hydrogen-bond donors (Lipinski definition) is 0. The molecule has 6 heteroatoms. The van der Waals surface area contributed by atoms with Crippen LogP contribution in [-0.4, -0.2) is 8.42 Å². The van der Waals surface area contributed by atoms with E-state index in [4.69, 9.17) is 16.0 Å². The van der Waals surface area contributed by atoms with Crippen molar-refractivity contribution >= 4 is 38.5 Å². The number of hydrogen-bond acceptors (Lipinski definition) is 4. The van der Waals surface area contributed by atoms with Gasteiger partial charge < -0.3 is 4.42 Å². The van der Waals surface area contributed by atoms with Gasteiger partial charge in [0.25, 0.3) is 0 Å². The SMILES string of the molecule is Cc1ccc2occ(C=CS(=O)(=O)c3ccc(Cl)cc3)c(=O)c2c1. The van der Waals surface area contributed by atoms with Crippen LogP contribution in [0.4, 0.5) is 0 Å². The van der Waals surface area contributed by atoms with Crippen molar-refractivity contribution in [2.75, 3.05) is 0 Å². The van der Waals surface area contributed by atoms with Gasteiger partial charge in [-0.2, -0.15) is 0 Å². The molecule has 0 aliphatic rings. The van der Waals surface area contributed by atoms with Crippen molar-refractivity contribution in [1.29, 1.82) is 0 Å². The number of fused-ring (bicyclic) bond motifs is 1. The second-order valence-electron chi connectivity index (χ2n) is 5.32. The molecule has 0 fully saturated rings. The summed E-state index contributed by atoms with van der Waals surface area (Å²) in [5.41, 5.74) is 1.28. The summed E-state index contributed by atoms with van der Waals surface area (Å²) in [5, 5.41) is 1.86. The van der Waals surface area contributed by atoms with Crippen molar-refractivity contribution in [3.8, 4) is 0 Å². The Morgan fingerprint density at radius 2 is 1.79 bits per heavy atom.